The van der Waals surface area contributed by atoms with Crippen LogP contribution in [0.5, 0.6) is 0 Å². The van der Waals surface area contributed by atoms with Gasteiger partial charge >= 0.3 is 0 Å². The average molecular weight is 138 g/mol. The average Bonchev–Trinajstić information content (AvgIpc) is 1.69. The quantitative estimate of drug-likeness (QED) is 0.429. The van der Waals surface area contributed by atoms with Crippen LogP contribution in [0.4, 0.5) is 0 Å². The lowest BCUT2D eigenvalue weighted by molar-refractivity contribution is 1.09. The molecule has 0 aliphatic rings. The highest BCUT2D eigenvalue weighted by atomic mass is 33.1. The van der Waals surface area contributed by atoms with Crippen LogP contribution in [0, 0.1) is 0 Å². The second-order valence-corrected chi connectivity index (χ2v) is 2.74. The summed E-state index contributed by atoms with van der Waals surface area (Å²) in [5.74, 6) is 1.10. The Labute approximate surface area is 55.9 Å². The molecule has 0 amide bonds. The lowest BCUT2D eigenvalue weighted by atomic mass is 10.6. The van der Waals surface area contributed by atoms with Crippen LogP contribution >= 0.6 is 22.5 Å². The van der Waals surface area contributed by atoms with Crippen LogP contribution in [-0.2, 0) is 0 Å². The highest BCUT2D eigenvalue weighted by Crippen LogP contribution is 2.00. The van der Waals surface area contributed by atoms with Crippen LogP contribution in [0.2, 0.25) is 0 Å². The van der Waals surface area contributed by atoms with Crippen molar-refractivity contribution in [2.45, 2.75) is 27.2 Å². The van der Waals surface area contributed by atoms with Crippen LogP contribution in [0.15, 0.2) is 0 Å². The van der Waals surface area contributed by atoms with Gasteiger partial charge in [0.25, 0.3) is 0 Å². The third-order valence-electron chi connectivity index (χ3n) is 0.129. The molecule has 0 N–H and O–H groups in total. The largest absolute Gasteiger partial charge is 0.111 e. The Morgan fingerprint density at radius 3 is 1.43 bits per heavy atom. The van der Waals surface area contributed by atoms with Crippen LogP contribution in [0.1, 0.15) is 27.2 Å². The minimum atomic E-state index is 1.10. The molecule has 0 saturated carbocycles. The van der Waals surface area contributed by atoms with E-state index in [1.807, 2.05) is 0 Å². The van der Waals surface area contributed by atoms with E-state index >= 15 is 0 Å². The SMILES string of the molecule is CCC.CCSS. The van der Waals surface area contributed by atoms with Gasteiger partial charge in [-0.25, -0.2) is 0 Å². The molecule has 0 heterocycles. The number of hydrogen-bond acceptors (Lipinski definition) is 2. The van der Waals surface area contributed by atoms with Crippen molar-refractivity contribution in [1.29, 1.82) is 0 Å². The van der Waals surface area contributed by atoms with Crippen LogP contribution in [0.25, 0.3) is 0 Å². The molecular formula is C5H14S2. The van der Waals surface area contributed by atoms with E-state index in [0.29, 0.717) is 0 Å². The van der Waals surface area contributed by atoms with E-state index in [1.54, 1.807) is 10.8 Å². The molecule has 46 valence electrons. The zero-order chi connectivity index (χ0) is 6.12. The Morgan fingerprint density at radius 1 is 1.29 bits per heavy atom. The van der Waals surface area contributed by atoms with E-state index in [-0.39, 0.29) is 0 Å². The smallest absolute Gasteiger partial charge is 0.000600 e. The first kappa shape index (κ1) is 10.6. The van der Waals surface area contributed by atoms with Crippen molar-refractivity contribution in [1.82, 2.24) is 0 Å². The molecule has 0 saturated heterocycles. The molecule has 0 aliphatic heterocycles. The zero-order valence-corrected chi connectivity index (χ0v) is 6.98. The lowest BCUT2D eigenvalue weighted by Gasteiger charge is -1.68. The lowest BCUT2D eigenvalue weighted by Crippen LogP contribution is -1.45. The summed E-state index contributed by atoms with van der Waals surface area (Å²) >= 11 is 3.84. The van der Waals surface area contributed by atoms with Gasteiger partial charge in [-0.15, -0.1) is 11.7 Å². The predicted molar refractivity (Wildman–Crippen MR) is 43.1 cm³/mol. The maximum atomic E-state index is 3.84. The molecule has 0 aromatic heterocycles. The third kappa shape index (κ3) is 51.2. The van der Waals surface area contributed by atoms with Crippen molar-refractivity contribution >= 4 is 22.5 Å². The fraction of sp³-hybridized carbons (Fsp3) is 1.00. The summed E-state index contributed by atoms with van der Waals surface area (Å²) in [4.78, 5) is 0. The maximum absolute atomic E-state index is 3.84. The second kappa shape index (κ2) is 15.9. The first-order valence-corrected chi connectivity index (χ1v) is 4.63. The second-order valence-electron chi connectivity index (χ2n) is 1.12. The molecule has 2 heteroatoms. The first-order valence-electron chi connectivity index (χ1n) is 2.59. The van der Waals surface area contributed by atoms with Crippen molar-refractivity contribution in [3.63, 3.8) is 0 Å². The molecule has 0 fully saturated rings. The fourth-order valence-corrected chi connectivity index (χ4v) is 0. The fourth-order valence-electron chi connectivity index (χ4n) is 0. The number of rotatable bonds is 1. The molecule has 0 aromatic rings. The number of thiol groups is 1. The number of hydrogen-bond donors (Lipinski definition) is 1. The topological polar surface area (TPSA) is 0 Å². The summed E-state index contributed by atoms with van der Waals surface area (Å²) in [7, 11) is 1.55. The minimum Gasteiger partial charge on any atom is -0.111 e. The maximum Gasteiger partial charge on any atom is 0.000600 e. The molecule has 0 aliphatic carbocycles. The highest BCUT2D eigenvalue weighted by molar-refractivity contribution is 8.68. The Balaban J connectivity index is 0. The van der Waals surface area contributed by atoms with Gasteiger partial charge < -0.3 is 0 Å². The van der Waals surface area contributed by atoms with Crippen molar-refractivity contribution < 1.29 is 0 Å². The van der Waals surface area contributed by atoms with Gasteiger partial charge in [-0.2, -0.15) is 0 Å². The first-order chi connectivity index (χ1) is 3.33. The molecule has 0 radical (unpaired) electrons. The van der Waals surface area contributed by atoms with Crippen LogP contribution < -0.4 is 0 Å². The highest BCUT2D eigenvalue weighted by Gasteiger charge is 1.56. The van der Waals surface area contributed by atoms with Gasteiger partial charge in [0.1, 0.15) is 0 Å². The minimum absolute atomic E-state index is 1.10. The summed E-state index contributed by atoms with van der Waals surface area (Å²) < 4.78 is 0. The van der Waals surface area contributed by atoms with Gasteiger partial charge in [0.05, 0.1) is 0 Å². The van der Waals surface area contributed by atoms with E-state index < -0.39 is 0 Å². The summed E-state index contributed by atoms with van der Waals surface area (Å²) in [6.07, 6.45) is 1.25. The molecule has 7 heavy (non-hydrogen) atoms. The third-order valence-corrected chi connectivity index (χ3v) is 1.16. The van der Waals surface area contributed by atoms with E-state index in [2.05, 4.69) is 32.4 Å². The van der Waals surface area contributed by atoms with Gasteiger partial charge in [-0.05, 0) is 0 Å². The van der Waals surface area contributed by atoms with E-state index in [1.165, 1.54) is 6.42 Å². The van der Waals surface area contributed by atoms with Gasteiger partial charge in [0, 0.05) is 5.75 Å². The Kier molecular flexibility index (Phi) is 24.2. The summed E-state index contributed by atoms with van der Waals surface area (Å²) in [6.45, 7) is 6.32. The van der Waals surface area contributed by atoms with Gasteiger partial charge in [-0.3, -0.25) is 0 Å². The summed E-state index contributed by atoms with van der Waals surface area (Å²) in [6, 6.07) is 0. The van der Waals surface area contributed by atoms with Gasteiger partial charge in [-0.1, -0.05) is 38.0 Å². The van der Waals surface area contributed by atoms with Crippen molar-refractivity contribution in [3.8, 4) is 0 Å². The Morgan fingerprint density at radius 2 is 1.43 bits per heavy atom. The van der Waals surface area contributed by atoms with Gasteiger partial charge in [0.2, 0.25) is 0 Å². The van der Waals surface area contributed by atoms with Crippen molar-refractivity contribution in [2.75, 3.05) is 5.75 Å². The molecular weight excluding hydrogens is 124 g/mol. The summed E-state index contributed by atoms with van der Waals surface area (Å²) in [5, 5.41) is 0. The Hall–Kier alpha value is 0.700. The molecule has 0 nitrogen and oxygen atoms in total. The van der Waals surface area contributed by atoms with E-state index in [9.17, 15) is 0 Å². The molecule has 0 atom stereocenters. The normalized spacial score (nSPS) is 6.86. The molecule has 0 aromatic carbocycles. The van der Waals surface area contributed by atoms with Gasteiger partial charge in [0.15, 0.2) is 0 Å². The van der Waals surface area contributed by atoms with Crippen molar-refractivity contribution in [2.24, 2.45) is 0 Å². The van der Waals surface area contributed by atoms with Crippen LogP contribution in [0.3, 0.4) is 0 Å². The zero-order valence-electron chi connectivity index (χ0n) is 5.27. The molecule has 0 unspecified atom stereocenters. The predicted octanol–water partition coefficient (Wildman–Crippen LogP) is 3.00. The van der Waals surface area contributed by atoms with E-state index in [4.69, 9.17) is 0 Å². The van der Waals surface area contributed by atoms with Crippen molar-refractivity contribution in [3.05, 3.63) is 0 Å². The standard InChI is InChI=1S/C3H8.C2H6S2/c1-3-2;1-2-4-3/h3H2,1-2H3;3H,2H2,1H3. The van der Waals surface area contributed by atoms with E-state index in [0.717, 1.165) is 5.75 Å². The monoisotopic (exact) mass is 138 g/mol. The Bertz CT molecular complexity index is 13.6. The summed E-state index contributed by atoms with van der Waals surface area (Å²) in [5.41, 5.74) is 0. The molecule has 0 rings (SSSR count). The molecule has 0 spiro atoms. The molecule has 0 bridgehead atoms. The van der Waals surface area contributed by atoms with Crippen LogP contribution in [-0.4, -0.2) is 5.75 Å².